The molecule has 0 radical (unpaired) electrons. The number of fused-ring (bicyclic) bond motifs is 2. The van der Waals surface area contributed by atoms with Crippen molar-refractivity contribution in [3.05, 3.63) is 58.1 Å². The maximum absolute atomic E-state index is 12.1. The van der Waals surface area contributed by atoms with Gasteiger partial charge in [0.1, 0.15) is 0 Å². The van der Waals surface area contributed by atoms with Crippen LogP contribution in [0.3, 0.4) is 0 Å². The van der Waals surface area contributed by atoms with Crippen molar-refractivity contribution in [1.29, 1.82) is 0 Å². The average Bonchev–Trinajstić information content (AvgIpc) is 2.64. The summed E-state index contributed by atoms with van der Waals surface area (Å²) >= 11 is 0. The van der Waals surface area contributed by atoms with Crippen LogP contribution in [0.1, 0.15) is 90.4 Å². The number of carbonyl (C=O) groups is 1. The van der Waals surface area contributed by atoms with Gasteiger partial charge in [-0.25, -0.2) is 0 Å². The first-order valence-electron chi connectivity index (χ1n) is 9.87. The van der Waals surface area contributed by atoms with Crippen molar-refractivity contribution >= 4 is 5.78 Å². The third-order valence-corrected chi connectivity index (χ3v) is 6.37. The van der Waals surface area contributed by atoms with Crippen LogP contribution in [-0.4, -0.2) is 5.78 Å². The van der Waals surface area contributed by atoms with Crippen LogP contribution < -0.4 is 0 Å². The third-order valence-electron chi connectivity index (χ3n) is 6.37. The zero-order valence-corrected chi connectivity index (χ0v) is 15.7. The van der Waals surface area contributed by atoms with E-state index < -0.39 is 0 Å². The molecular weight excluding hydrogens is 304 g/mol. The van der Waals surface area contributed by atoms with E-state index in [-0.39, 0.29) is 5.78 Å². The molecular formula is C24H28O. The van der Waals surface area contributed by atoms with Crippen LogP contribution >= 0.6 is 0 Å². The highest BCUT2D eigenvalue weighted by molar-refractivity contribution is 5.96. The van der Waals surface area contributed by atoms with Crippen molar-refractivity contribution in [1.82, 2.24) is 0 Å². The second-order valence-electron chi connectivity index (χ2n) is 8.02. The number of ketones is 1. The van der Waals surface area contributed by atoms with Crippen molar-refractivity contribution < 1.29 is 4.79 Å². The molecule has 1 fully saturated rings. The highest BCUT2D eigenvalue weighted by Gasteiger charge is 2.35. The Hall–Kier alpha value is -1.89. The smallest absolute Gasteiger partial charge is 0.159 e. The van der Waals surface area contributed by atoms with Crippen molar-refractivity contribution in [3.63, 3.8) is 0 Å². The van der Waals surface area contributed by atoms with Crippen LogP contribution in [-0.2, 0) is 6.42 Å². The summed E-state index contributed by atoms with van der Waals surface area (Å²) in [6, 6.07) is 11.3. The van der Waals surface area contributed by atoms with Crippen LogP contribution in [0, 0.1) is 6.92 Å². The lowest BCUT2D eigenvalue weighted by molar-refractivity contribution is 0.101. The summed E-state index contributed by atoms with van der Waals surface area (Å²) in [5, 5.41) is 0. The standard InChI is InChI=1S/C24H28O/c1-4-5-19-12-20(7-6-15(19)2)23-14-21(16(3)25)13-22-17-8-10-18(11-9-17)24(22)23/h6-7,12-14,17-18H,4-5,8-11H2,1-3H3. The number of hydrogen-bond acceptors (Lipinski definition) is 1. The molecule has 0 N–H and O–H groups in total. The molecule has 1 heteroatoms. The van der Waals surface area contributed by atoms with Crippen LogP contribution in [0.15, 0.2) is 30.3 Å². The van der Waals surface area contributed by atoms with Gasteiger partial charge >= 0.3 is 0 Å². The minimum absolute atomic E-state index is 0.186. The van der Waals surface area contributed by atoms with Crippen LogP contribution in [0.25, 0.3) is 11.1 Å². The lowest BCUT2D eigenvalue weighted by atomic mass is 9.65. The number of aryl methyl sites for hydroxylation is 2. The van der Waals surface area contributed by atoms with E-state index in [9.17, 15) is 4.79 Å². The maximum Gasteiger partial charge on any atom is 0.159 e. The molecule has 0 saturated heterocycles. The molecule has 130 valence electrons. The molecule has 3 aliphatic carbocycles. The van der Waals surface area contributed by atoms with Crippen LogP contribution in [0.4, 0.5) is 0 Å². The molecule has 2 aromatic rings. The summed E-state index contributed by atoms with van der Waals surface area (Å²) in [6.45, 7) is 6.14. The van der Waals surface area contributed by atoms with Crippen molar-refractivity contribution in [2.24, 2.45) is 0 Å². The van der Waals surface area contributed by atoms with Gasteiger partial charge in [-0.2, -0.15) is 0 Å². The Morgan fingerprint density at radius 2 is 1.76 bits per heavy atom. The number of rotatable bonds is 4. The van der Waals surface area contributed by atoms with E-state index in [1.54, 1.807) is 12.5 Å². The highest BCUT2D eigenvalue weighted by Crippen LogP contribution is 2.52. The molecule has 2 bridgehead atoms. The van der Waals surface area contributed by atoms with E-state index in [2.05, 4.69) is 44.2 Å². The van der Waals surface area contributed by atoms with Gasteiger partial charge in [-0.1, -0.05) is 31.5 Å². The maximum atomic E-state index is 12.1. The quantitative estimate of drug-likeness (QED) is 0.578. The molecule has 5 rings (SSSR count). The predicted octanol–water partition coefficient (Wildman–Crippen LogP) is 6.57. The second kappa shape index (κ2) is 6.44. The number of Topliss-reactive ketones (excluding diaryl/α,β-unsaturated/α-hetero) is 1. The number of carbonyl (C=O) groups excluding carboxylic acids is 1. The monoisotopic (exact) mass is 332 g/mol. The minimum Gasteiger partial charge on any atom is -0.295 e. The first-order valence-corrected chi connectivity index (χ1v) is 9.87. The molecule has 0 amide bonds. The van der Waals surface area contributed by atoms with Crippen molar-refractivity contribution in [2.75, 3.05) is 0 Å². The van der Waals surface area contributed by atoms with E-state index in [0.717, 1.165) is 12.0 Å². The fraction of sp³-hybridized carbons (Fsp3) is 0.458. The summed E-state index contributed by atoms with van der Waals surface area (Å²) in [5.74, 6) is 1.54. The van der Waals surface area contributed by atoms with Gasteiger partial charge in [-0.15, -0.1) is 0 Å². The fourth-order valence-electron chi connectivity index (χ4n) is 4.98. The SMILES string of the molecule is CCCc1cc(-c2cc(C(C)=O)cc3c2C2CCC3CC2)ccc1C. The Kier molecular flexibility index (Phi) is 4.27. The molecule has 1 nitrogen and oxygen atoms in total. The van der Waals surface area contributed by atoms with E-state index >= 15 is 0 Å². The number of benzene rings is 2. The zero-order valence-electron chi connectivity index (χ0n) is 15.7. The predicted molar refractivity (Wildman–Crippen MR) is 105 cm³/mol. The summed E-state index contributed by atoms with van der Waals surface area (Å²) in [7, 11) is 0. The first kappa shape index (κ1) is 16.6. The largest absolute Gasteiger partial charge is 0.295 e. The Morgan fingerprint density at radius 3 is 2.44 bits per heavy atom. The van der Waals surface area contributed by atoms with Gasteiger partial charge in [0, 0.05) is 5.56 Å². The van der Waals surface area contributed by atoms with Gasteiger partial charge in [0.2, 0.25) is 0 Å². The molecule has 0 unspecified atom stereocenters. The number of hydrogen-bond donors (Lipinski definition) is 0. The van der Waals surface area contributed by atoms with Gasteiger partial charge < -0.3 is 0 Å². The van der Waals surface area contributed by atoms with Gasteiger partial charge in [0.05, 0.1) is 0 Å². The molecule has 0 heterocycles. The van der Waals surface area contributed by atoms with E-state index in [1.807, 2.05) is 0 Å². The Bertz CT molecular complexity index is 822. The summed E-state index contributed by atoms with van der Waals surface area (Å²) < 4.78 is 0. The Morgan fingerprint density at radius 1 is 1.04 bits per heavy atom. The first-order chi connectivity index (χ1) is 12.1. The average molecular weight is 332 g/mol. The molecule has 0 aromatic heterocycles. The summed E-state index contributed by atoms with van der Waals surface area (Å²) in [6.07, 6.45) is 7.53. The van der Waals surface area contributed by atoms with Crippen molar-refractivity contribution in [2.45, 2.75) is 71.1 Å². The Labute approximate surface area is 151 Å². The van der Waals surface area contributed by atoms with E-state index in [4.69, 9.17) is 0 Å². The molecule has 0 aliphatic heterocycles. The molecule has 0 atom stereocenters. The second-order valence-corrected chi connectivity index (χ2v) is 8.02. The van der Waals surface area contributed by atoms with E-state index in [1.165, 1.54) is 59.9 Å². The third kappa shape index (κ3) is 2.84. The molecule has 1 saturated carbocycles. The van der Waals surface area contributed by atoms with Gasteiger partial charge in [-0.3, -0.25) is 4.79 Å². The van der Waals surface area contributed by atoms with Crippen molar-refractivity contribution in [3.8, 4) is 11.1 Å². The molecule has 25 heavy (non-hydrogen) atoms. The lowest BCUT2D eigenvalue weighted by Gasteiger charge is -2.40. The zero-order chi connectivity index (χ0) is 17.6. The normalized spacial score (nSPS) is 21.2. The summed E-state index contributed by atoms with van der Waals surface area (Å²) in [4.78, 5) is 12.1. The van der Waals surface area contributed by atoms with Gasteiger partial charge in [0.25, 0.3) is 0 Å². The van der Waals surface area contributed by atoms with Gasteiger partial charge in [0.15, 0.2) is 5.78 Å². The lowest BCUT2D eigenvalue weighted by Crippen LogP contribution is -2.23. The van der Waals surface area contributed by atoms with E-state index in [0.29, 0.717) is 11.8 Å². The molecule has 3 aliphatic rings. The fourth-order valence-corrected chi connectivity index (χ4v) is 4.98. The Balaban J connectivity index is 1.92. The van der Waals surface area contributed by atoms with Gasteiger partial charge in [-0.05, 0) is 103 Å². The molecule has 0 spiro atoms. The minimum atomic E-state index is 0.186. The molecule has 2 aromatic carbocycles. The highest BCUT2D eigenvalue weighted by atomic mass is 16.1. The topological polar surface area (TPSA) is 17.1 Å². The van der Waals surface area contributed by atoms with Crippen LogP contribution in [0.2, 0.25) is 0 Å². The summed E-state index contributed by atoms with van der Waals surface area (Å²) in [5.41, 5.74) is 9.38. The van der Waals surface area contributed by atoms with Crippen LogP contribution in [0.5, 0.6) is 0 Å².